The summed E-state index contributed by atoms with van der Waals surface area (Å²) in [5.41, 5.74) is 1.71. The maximum absolute atomic E-state index is 13.1. The van der Waals surface area contributed by atoms with Crippen LogP contribution in [0.3, 0.4) is 0 Å². The Morgan fingerprint density at radius 1 is 1.19 bits per heavy atom. The normalized spacial score (nSPS) is 17.5. The maximum Gasteiger partial charge on any atom is 0.290 e. The second-order valence-corrected chi connectivity index (χ2v) is 6.98. The Kier molecular flexibility index (Phi) is 4.55. The van der Waals surface area contributed by atoms with Gasteiger partial charge in [-0.2, -0.15) is 5.10 Å². The van der Waals surface area contributed by atoms with Crippen molar-refractivity contribution in [3.8, 4) is 11.3 Å². The van der Waals surface area contributed by atoms with E-state index in [1.165, 1.54) is 0 Å². The first kappa shape index (κ1) is 16.9. The number of nitrogens with zero attached hydrogens (tertiary/aromatic N) is 3. The zero-order valence-corrected chi connectivity index (χ0v) is 15.3. The zero-order chi connectivity index (χ0) is 18.1. The third-order valence-electron chi connectivity index (χ3n) is 4.80. The fraction of sp³-hybridized carbons (Fsp3) is 0.300. The molecular formula is C20H20ClN3O2. The number of piperidine rings is 1. The van der Waals surface area contributed by atoms with Crippen molar-refractivity contribution >= 4 is 17.5 Å². The summed E-state index contributed by atoms with van der Waals surface area (Å²) in [6.07, 6.45) is 4.91. The van der Waals surface area contributed by atoms with E-state index >= 15 is 0 Å². The molecule has 1 fully saturated rings. The molecule has 0 radical (unpaired) electrons. The smallest absolute Gasteiger partial charge is 0.290 e. The molecule has 1 saturated heterocycles. The lowest BCUT2D eigenvalue weighted by molar-refractivity contribution is 0.0573. The van der Waals surface area contributed by atoms with Crippen molar-refractivity contribution in [1.29, 1.82) is 0 Å². The van der Waals surface area contributed by atoms with E-state index in [0.29, 0.717) is 23.1 Å². The molecule has 0 unspecified atom stereocenters. The van der Waals surface area contributed by atoms with Crippen LogP contribution in [0.2, 0.25) is 5.02 Å². The number of amides is 1. The van der Waals surface area contributed by atoms with Crippen molar-refractivity contribution in [3.63, 3.8) is 0 Å². The molecule has 1 aromatic carbocycles. The molecule has 1 aliphatic rings. The third-order valence-corrected chi connectivity index (χ3v) is 5.12. The van der Waals surface area contributed by atoms with E-state index < -0.39 is 0 Å². The van der Waals surface area contributed by atoms with Gasteiger partial charge in [-0.05, 0) is 49.6 Å². The number of carbonyl (C=O) groups is 1. The van der Waals surface area contributed by atoms with Crippen molar-refractivity contribution in [1.82, 2.24) is 14.7 Å². The molecule has 0 bridgehead atoms. The lowest BCUT2D eigenvalue weighted by atomic mass is 9.99. The fourth-order valence-corrected chi connectivity index (χ4v) is 3.72. The zero-order valence-electron chi connectivity index (χ0n) is 14.6. The molecular weight excluding hydrogens is 350 g/mol. The number of aromatic nitrogens is 2. The predicted octanol–water partition coefficient (Wildman–Crippen LogP) is 4.70. The topological polar surface area (TPSA) is 51.3 Å². The van der Waals surface area contributed by atoms with Crippen molar-refractivity contribution < 1.29 is 9.21 Å². The van der Waals surface area contributed by atoms with Crippen LogP contribution in [0.1, 0.15) is 41.6 Å². The number of carbonyl (C=O) groups excluding carboxylic acids is 1. The van der Waals surface area contributed by atoms with Gasteiger partial charge in [0.15, 0.2) is 5.76 Å². The highest BCUT2D eigenvalue weighted by molar-refractivity contribution is 6.33. The van der Waals surface area contributed by atoms with Crippen molar-refractivity contribution in [2.45, 2.75) is 25.3 Å². The molecule has 0 spiro atoms. The summed E-state index contributed by atoms with van der Waals surface area (Å²) in [5, 5.41) is 5.10. The quantitative estimate of drug-likeness (QED) is 0.672. The Bertz CT molecular complexity index is 931. The molecule has 0 aliphatic carbocycles. The van der Waals surface area contributed by atoms with Crippen molar-refractivity contribution in [3.05, 3.63) is 65.1 Å². The Morgan fingerprint density at radius 2 is 2.04 bits per heavy atom. The second kappa shape index (κ2) is 7.00. The largest absolute Gasteiger partial charge is 0.451 e. The number of hydrogen-bond donors (Lipinski definition) is 0. The standard InChI is InChI=1S/C20H20ClN3O2/c1-23-13-11-16(22-23)17-8-4-5-12-24(17)20(25)19-10-9-18(26-19)14-6-2-3-7-15(14)21/h2-3,6-7,9-11,13,17H,4-5,8,12H2,1H3/t17-/m0/s1. The molecule has 4 rings (SSSR count). The summed E-state index contributed by atoms with van der Waals surface area (Å²) in [4.78, 5) is 15.0. The van der Waals surface area contributed by atoms with Crippen LogP contribution in [0, 0.1) is 0 Å². The Morgan fingerprint density at radius 3 is 2.81 bits per heavy atom. The highest BCUT2D eigenvalue weighted by Gasteiger charge is 2.31. The van der Waals surface area contributed by atoms with E-state index in [9.17, 15) is 4.79 Å². The van der Waals surface area contributed by atoms with E-state index in [1.807, 2.05) is 48.5 Å². The van der Waals surface area contributed by atoms with Gasteiger partial charge in [0.05, 0.1) is 16.8 Å². The highest BCUT2D eigenvalue weighted by Crippen LogP contribution is 2.33. The molecule has 0 saturated carbocycles. The van der Waals surface area contributed by atoms with E-state index in [4.69, 9.17) is 16.0 Å². The number of halogens is 1. The van der Waals surface area contributed by atoms with Crippen LogP contribution in [0.4, 0.5) is 0 Å². The number of rotatable bonds is 3. The van der Waals surface area contributed by atoms with Crippen LogP contribution >= 0.6 is 11.6 Å². The minimum Gasteiger partial charge on any atom is -0.451 e. The molecule has 1 amide bonds. The van der Waals surface area contributed by atoms with Gasteiger partial charge in [0, 0.05) is 25.4 Å². The van der Waals surface area contributed by atoms with Gasteiger partial charge in [-0.3, -0.25) is 9.48 Å². The van der Waals surface area contributed by atoms with Gasteiger partial charge < -0.3 is 9.32 Å². The summed E-state index contributed by atoms with van der Waals surface area (Å²) in [7, 11) is 1.89. The molecule has 1 atom stereocenters. The van der Waals surface area contributed by atoms with Crippen LogP contribution in [0.5, 0.6) is 0 Å². The first-order valence-corrected chi connectivity index (χ1v) is 9.16. The first-order valence-electron chi connectivity index (χ1n) is 8.79. The van der Waals surface area contributed by atoms with Gasteiger partial charge in [-0.25, -0.2) is 0 Å². The summed E-state index contributed by atoms with van der Waals surface area (Å²) in [5.74, 6) is 0.840. The van der Waals surface area contributed by atoms with Gasteiger partial charge in [0.25, 0.3) is 5.91 Å². The molecule has 3 aromatic rings. The maximum atomic E-state index is 13.1. The fourth-order valence-electron chi connectivity index (χ4n) is 3.49. The number of benzene rings is 1. The molecule has 134 valence electrons. The molecule has 3 heterocycles. The molecule has 6 heteroatoms. The van der Waals surface area contributed by atoms with E-state index in [-0.39, 0.29) is 11.9 Å². The molecule has 5 nitrogen and oxygen atoms in total. The lowest BCUT2D eigenvalue weighted by Crippen LogP contribution is -2.38. The third kappa shape index (κ3) is 3.15. The molecule has 26 heavy (non-hydrogen) atoms. The van der Waals surface area contributed by atoms with Gasteiger partial charge >= 0.3 is 0 Å². The average molecular weight is 370 g/mol. The van der Waals surface area contributed by atoms with E-state index in [1.54, 1.807) is 16.8 Å². The summed E-state index contributed by atoms with van der Waals surface area (Å²) >= 11 is 6.24. The minimum atomic E-state index is -0.0985. The van der Waals surface area contributed by atoms with Crippen LogP contribution in [0.15, 0.2) is 53.1 Å². The van der Waals surface area contributed by atoms with E-state index in [2.05, 4.69) is 5.10 Å². The Labute approximate surface area is 157 Å². The van der Waals surface area contributed by atoms with Crippen molar-refractivity contribution in [2.75, 3.05) is 6.54 Å². The highest BCUT2D eigenvalue weighted by atomic mass is 35.5. The number of furan rings is 1. The monoisotopic (exact) mass is 369 g/mol. The van der Waals surface area contributed by atoms with Crippen molar-refractivity contribution in [2.24, 2.45) is 7.05 Å². The average Bonchev–Trinajstić information content (AvgIpc) is 3.31. The number of likely N-dealkylation sites (tertiary alicyclic amines) is 1. The summed E-state index contributed by atoms with van der Waals surface area (Å²) < 4.78 is 7.63. The van der Waals surface area contributed by atoms with Gasteiger partial charge in [0.1, 0.15) is 5.76 Å². The number of aryl methyl sites for hydroxylation is 1. The summed E-state index contributed by atoms with van der Waals surface area (Å²) in [6, 6.07) is 13.0. The number of hydrogen-bond acceptors (Lipinski definition) is 3. The van der Waals surface area contributed by atoms with E-state index in [0.717, 1.165) is 30.5 Å². The second-order valence-electron chi connectivity index (χ2n) is 6.57. The molecule has 2 aromatic heterocycles. The Balaban J connectivity index is 1.61. The van der Waals surface area contributed by atoms with Crippen LogP contribution in [0.25, 0.3) is 11.3 Å². The van der Waals surface area contributed by atoms with Gasteiger partial charge in [0.2, 0.25) is 0 Å². The molecule has 0 N–H and O–H groups in total. The van der Waals surface area contributed by atoms with Crippen LogP contribution in [-0.4, -0.2) is 27.1 Å². The summed E-state index contributed by atoms with van der Waals surface area (Å²) in [6.45, 7) is 0.711. The van der Waals surface area contributed by atoms with Gasteiger partial charge in [-0.15, -0.1) is 0 Å². The minimum absolute atomic E-state index is 0.00804. The predicted molar refractivity (Wildman–Crippen MR) is 100.0 cm³/mol. The first-order chi connectivity index (χ1) is 12.6. The Hall–Kier alpha value is -2.53. The van der Waals surface area contributed by atoms with Crippen LogP contribution < -0.4 is 0 Å². The van der Waals surface area contributed by atoms with Gasteiger partial charge in [-0.1, -0.05) is 23.7 Å². The lowest BCUT2D eigenvalue weighted by Gasteiger charge is -2.34. The van der Waals surface area contributed by atoms with Crippen LogP contribution in [-0.2, 0) is 7.05 Å². The molecule has 1 aliphatic heterocycles. The SMILES string of the molecule is Cn1ccc([C@@H]2CCCCN2C(=O)c2ccc(-c3ccccc3Cl)o2)n1.